The maximum absolute atomic E-state index is 9.95. The number of piperazine rings is 1. The van der Waals surface area contributed by atoms with E-state index in [-0.39, 0.29) is 0 Å². The molecule has 0 bridgehead atoms. The fourth-order valence-corrected chi connectivity index (χ4v) is 1.80. The van der Waals surface area contributed by atoms with Crippen LogP contribution in [0.4, 0.5) is 0 Å². The molecule has 1 atom stereocenters. The van der Waals surface area contributed by atoms with E-state index in [1.807, 2.05) is 18.2 Å². The van der Waals surface area contributed by atoms with Crippen LogP contribution >= 0.6 is 0 Å². The van der Waals surface area contributed by atoms with E-state index in [1.165, 1.54) is 0 Å². The SMILES string of the molecule is OC(CN1CCNCC1)c1ccccn1. The number of hydrogen-bond donors (Lipinski definition) is 2. The second-order valence-corrected chi connectivity index (χ2v) is 3.82. The van der Waals surface area contributed by atoms with Gasteiger partial charge in [0.15, 0.2) is 0 Å². The number of aliphatic hydroxyl groups excluding tert-OH is 1. The first-order valence-electron chi connectivity index (χ1n) is 5.38. The molecule has 82 valence electrons. The smallest absolute Gasteiger partial charge is 0.109 e. The molecule has 1 aromatic rings. The zero-order chi connectivity index (χ0) is 10.5. The third-order valence-corrected chi connectivity index (χ3v) is 2.67. The van der Waals surface area contributed by atoms with Crippen molar-refractivity contribution >= 4 is 0 Å². The number of nitrogens with one attached hydrogen (secondary N) is 1. The number of β-amino-alcohol motifs (C(OH)–C–C–N with tert-alkyl or cyclic N) is 1. The van der Waals surface area contributed by atoms with E-state index in [0.29, 0.717) is 6.54 Å². The van der Waals surface area contributed by atoms with Crippen molar-refractivity contribution in [3.05, 3.63) is 30.1 Å². The van der Waals surface area contributed by atoms with Crippen molar-refractivity contribution in [2.24, 2.45) is 0 Å². The standard InChI is InChI=1S/C11H17N3O/c15-11(10-3-1-2-4-13-10)9-14-7-5-12-6-8-14/h1-4,11-12,15H,5-9H2. The highest BCUT2D eigenvalue weighted by Gasteiger charge is 2.15. The molecule has 0 radical (unpaired) electrons. The van der Waals surface area contributed by atoms with Crippen LogP contribution in [0.1, 0.15) is 11.8 Å². The molecule has 0 spiro atoms. The van der Waals surface area contributed by atoms with Gasteiger partial charge >= 0.3 is 0 Å². The molecule has 15 heavy (non-hydrogen) atoms. The summed E-state index contributed by atoms with van der Waals surface area (Å²) < 4.78 is 0. The van der Waals surface area contributed by atoms with Gasteiger partial charge in [0.2, 0.25) is 0 Å². The lowest BCUT2D eigenvalue weighted by Gasteiger charge is -2.28. The Bertz CT molecular complexity index is 285. The number of aliphatic hydroxyl groups is 1. The molecule has 4 nitrogen and oxygen atoms in total. The van der Waals surface area contributed by atoms with Crippen LogP contribution in [0.25, 0.3) is 0 Å². The molecule has 1 saturated heterocycles. The Morgan fingerprint density at radius 1 is 1.40 bits per heavy atom. The van der Waals surface area contributed by atoms with E-state index >= 15 is 0 Å². The van der Waals surface area contributed by atoms with Gasteiger partial charge in [-0.05, 0) is 12.1 Å². The summed E-state index contributed by atoms with van der Waals surface area (Å²) in [5, 5.41) is 13.2. The van der Waals surface area contributed by atoms with Gasteiger partial charge in [0, 0.05) is 38.9 Å². The number of hydrogen-bond acceptors (Lipinski definition) is 4. The number of rotatable bonds is 3. The van der Waals surface area contributed by atoms with Gasteiger partial charge in [0.25, 0.3) is 0 Å². The zero-order valence-electron chi connectivity index (χ0n) is 8.76. The Labute approximate surface area is 89.9 Å². The van der Waals surface area contributed by atoms with E-state index in [1.54, 1.807) is 6.20 Å². The van der Waals surface area contributed by atoms with Crippen molar-refractivity contribution in [3.63, 3.8) is 0 Å². The van der Waals surface area contributed by atoms with E-state index in [4.69, 9.17) is 0 Å². The van der Waals surface area contributed by atoms with Crippen LogP contribution in [0.3, 0.4) is 0 Å². The summed E-state index contributed by atoms with van der Waals surface area (Å²) in [6.07, 6.45) is 1.25. The molecule has 1 fully saturated rings. The van der Waals surface area contributed by atoms with Crippen molar-refractivity contribution < 1.29 is 5.11 Å². The van der Waals surface area contributed by atoms with Gasteiger partial charge < -0.3 is 10.4 Å². The lowest BCUT2D eigenvalue weighted by Crippen LogP contribution is -2.45. The molecule has 0 saturated carbocycles. The first-order valence-corrected chi connectivity index (χ1v) is 5.38. The third kappa shape index (κ3) is 2.99. The minimum atomic E-state index is -0.468. The van der Waals surface area contributed by atoms with E-state index in [9.17, 15) is 5.11 Å². The molecule has 2 heterocycles. The monoisotopic (exact) mass is 207 g/mol. The topological polar surface area (TPSA) is 48.4 Å². The number of aromatic nitrogens is 1. The van der Waals surface area contributed by atoms with Crippen molar-refractivity contribution in [1.82, 2.24) is 15.2 Å². The second kappa shape index (κ2) is 5.21. The lowest BCUT2D eigenvalue weighted by atomic mass is 10.2. The lowest BCUT2D eigenvalue weighted by molar-refractivity contribution is 0.102. The quantitative estimate of drug-likeness (QED) is 0.733. The highest BCUT2D eigenvalue weighted by Crippen LogP contribution is 2.10. The normalized spacial score (nSPS) is 20.1. The highest BCUT2D eigenvalue weighted by molar-refractivity contribution is 5.07. The Morgan fingerprint density at radius 2 is 2.20 bits per heavy atom. The summed E-state index contributed by atoms with van der Waals surface area (Å²) in [4.78, 5) is 6.41. The molecule has 0 aliphatic carbocycles. The van der Waals surface area contributed by atoms with Crippen molar-refractivity contribution in [2.75, 3.05) is 32.7 Å². The maximum Gasteiger partial charge on any atom is 0.109 e. The second-order valence-electron chi connectivity index (χ2n) is 3.82. The van der Waals surface area contributed by atoms with Crippen LogP contribution in [-0.4, -0.2) is 47.7 Å². The first-order chi connectivity index (χ1) is 7.36. The largest absolute Gasteiger partial charge is 0.385 e. The van der Waals surface area contributed by atoms with Gasteiger partial charge in [-0.2, -0.15) is 0 Å². The molecular formula is C11H17N3O. The highest BCUT2D eigenvalue weighted by atomic mass is 16.3. The van der Waals surface area contributed by atoms with Gasteiger partial charge in [-0.1, -0.05) is 6.07 Å². The molecule has 2 N–H and O–H groups in total. The van der Waals surface area contributed by atoms with E-state index in [0.717, 1.165) is 31.9 Å². The molecule has 1 unspecified atom stereocenters. The van der Waals surface area contributed by atoms with Crippen LogP contribution in [0.5, 0.6) is 0 Å². The summed E-state index contributed by atoms with van der Waals surface area (Å²) in [6.45, 7) is 4.70. The van der Waals surface area contributed by atoms with Crippen LogP contribution in [0, 0.1) is 0 Å². The summed E-state index contributed by atoms with van der Waals surface area (Å²) in [5.41, 5.74) is 0.760. The van der Waals surface area contributed by atoms with E-state index < -0.39 is 6.10 Å². The van der Waals surface area contributed by atoms with Crippen LogP contribution in [0.15, 0.2) is 24.4 Å². The zero-order valence-corrected chi connectivity index (χ0v) is 8.76. The van der Waals surface area contributed by atoms with Gasteiger partial charge in [0.1, 0.15) is 6.10 Å². The average Bonchev–Trinajstić information content (AvgIpc) is 2.31. The number of pyridine rings is 1. The molecule has 1 aromatic heterocycles. The van der Waals surface area contributed by atoms with Gasteiger partial charge in [-0.25, -0.2) is 0 Å². The minimum Gasteiger partial charge on any atom is -0.385 e. The Kier molecular flexibility index (Phi) is 3.66. The van der Waals surface area contributed by atoms with Crippen molar-refractivity contribution in [2.45, 2.75) is 6.10 Å². The van der Waals surface area contributed by atoms with Gasteiger partial charge in [-0.3, -0.25) is 9.88 Å². The third-order valence-electron chi connectivity index (χ3n) is 2.67. The fraction of sp³-hybridized carbons (Fsp3) is 0.545. The predicted octanol–water partition coefficient (Wildman–Crippen LogP) is 0.0202. The first kappa shape index (κ1) is 10.5. The van der Waals surface area contributed by atoms with Crippen LogP contribution < -0.4 is 5.32 Å². The molecule has 0 aromatic carbocycles. The Hall–Kier alpha value is -0.970. The maximum atomic E-state index is 9.95. The Balaban J connectivity index is 1.88. The summed E-state index contributed by atoms with van der Waals surface area (Å²) in [6, 6.07) is 5.64. The Morgan fingerprint density at radius 3 is 2.87 bits per heavy atom. The summed E-state index contributed by atoms with van der Waals surface area (Å²) in [5.74, 6) is 0. The minimum absolute atomic E-state index is 0.468. The molecule has 1 aliphatic rings. The van der Waals surface area contributed by atoms with Crippen molar-refractivity contribution in [3.8, 4) is 0 Å². The van der Waals surface area contributed by atoms with Crippen LogP contribution in [0.2, 0.25) is 0 Å². The van der Waals surface area contributed by atoms with Crippen molar-refractivity contribution in [1.29, 1.82) is 0 Å². The van der Waals surface area contributed by atoms with Gasteiger partial charge in [0.05, 0.1) is 5.69 Å². The van der Waals surface area contributed by atoms with Gasteiger partial charge in [-0.15, -0.1) is 0 Å². The average molecular weight is 207 g/mol. The van der Waals surface area contributed by atoms with E-state index in [2.05, 4.69) is 15.2 Å². The van der Waals surface area contributed by atoms with Crippen LogP contribution in [-0.2, 0) is 0 Å². The summed E-state index contributed by atoms with van der Waals surface area (Å²) >= 11 is 0. The summed E-state index contributed by atoms with van der Waals surface area (Å²) in [7, 11) is 0. The molecule has 4 heteroatoms. The predicted molar refractivity (Wildman–Crippen MR) is 58.5 cm³/mol. The molecular weight excluding hydrogens is 190 g/mol. The molecule has 1 aliphatic heterocycles. The fourth-order valence-electron chi connectivity index (χ4n) is 1.80. The number of nitrogens with zero attached hydrogens (tertiary/aromatic N) is 2. The molecule has 2 rings (SSSR count). The molecule has 0 amide bonds.